The van der Waals surface area contributed by atoms with Crippen LogP contribution in [0.25, 0.3) is 0 Å². The summed E-state index contributed by atoms with van der Waals surface area (Å²) in [6.07, 6.45) is 0.383. The van der Waals surface area contributed by atoms with Crippen LogP contribution in [0.5, 0.6) is 5.75 Å². The molecule has 0 saturated heterocycles. The molecule has 23 heavy (non-hydrogen) atoms. The molecule has 1 atom stereocenters. The Labute approximate surface area is 139 Å². The molecule has 2 rings (SSSR count). The molecular formula is C18H18O4S. The second kappa shape index (κ2) is 8.39. The number of benzene rings is 2. The van der Waals surface area contributed by atoms with E-state index in [1.807, 2.05) is 18.2 Å². The van der Waals surface area contributed by atoms with Gasteiger partial charge in [-0.25, -0.2) is 0 Å². The van der Waals surface area contributed by atoms with Crippen molar-refractivity contribution in [3.63, 3.8) is 0 Å². The third kappa shape index (κ3) is 5.14. The minimum atomic E-state index is -0.894. The third-order valence-electron chi connectivity index (χ3n) is 3.42. The smallest absolute Gasteiger partial charge is 0.307 e. The van der Waals surface area contributed by atoms with Gasteiger partial charge in [-0.3, -0.25) is 9.59 Å². The molecule has 1 unspecified atom stereocenters. The predicted molar refractivity (Wildman–Crippen MR) is 91.1 cm³/mol. The van der Waals surface area contributed by atoms with Gasteiger partial charge in [-0.1, -0.05) is 54.2 Å². The van der Waals surface area contributed by atoms with E-state index in [2.05, 4.69) is 0 Å². The van der Waals surface area contributed by atoms with Gasteiger partial charge in [0, 0.05) is 11.3 Å². The molecule has 0 saturated carbocycles. The van der Waals surface area contributed by atoms with Crippen molar-refractivity contribution in [3.05, 3.63) is 65.7 Å². The number of carboxylic acids is 1. The molecule has 0 fully saturated rings. The lowest BCUT2D eigenvalue weighted by molar-refractivity contribution is -0.140. The summed E-state index contributed by atoms with van der Waals surface area (Å²) in [6.45, 7) is 0. The maximum absolute atomic E-state index is 12.1. The first kappa shape index (κ1) is 17.1. The second-order valence-corrected chi connectivity index (χ2v) is 6.04. The number of carbonyl (C=O) groups is 2. The summed E-state index contributed by atoms with van der Waals surface area (Å²) in [7, 11) is 1.58. The van der Waals surface area contributed by atoms with Crippen molar-refractivity contribution >= 4 is 22.8 Å². The van der Waals surface area contributed by atoms with Crippen molar-refractivity contribution in [2.75, 3.05) is 12.9 Å². The van der Waals surface area contributed by atoms with Gasteiger partial charge in [-0.2, -0.15) is 0 Å². The Kier molecular flexibility index (Phi) is 6.23. The number of carboxylic acid groups (broad SMARTS) is 1. The lowest BCUT2D eigenvalue weighted by atomic mass is 10.0. The highest BCUT2D eigenvalue weighted by molar-refractivity contribution is 8.14. The highest BCUT2D eigenvalue weighted by Crippen LogP contribution is 2.20. The average molecular weight is 330 g/mol. The summed E-state index contributed by atoms with van der Waals surface area (Å²) >= 11 is 1.05. The Hall–Kier alpha value is -2.27. The summed E-state index contributed by atoms with van der Waals surface area (Å²) in [4.78, 5) is 23.5. The van der Waals surface area contributed by atoms with Crippen LogP contribution < -0.4 is 4.74 Å². The molecule has 0 bridgehead atoms. The van der Waals surface area contributed by atoms with Crippen LogP contribution in [0.1, 0.15) is 15.9 Å². The van der Waals surface area contributed by atoms with Crippen LogP contribution in [0.2, 0.25) is 0 Å². The first-order chi connectivity index (χ1) is 11.1. The Balaban J connectivity index is 1.96. The van der Waals surface area contributed by atoms with Crippen LogP contribution in [-0.4, -0.2) is 29.1 Å². The molecule has 4 nitrogen and oxygen atoms in total. The van der Waals surface area contributed by atoms with Crippen LogP contribution in [0.15, 0.2) is 54.6 Å². The van der Waals surface area contributed by atoms with Gasteiger partial charge in [0.2, 0.25) is 5.12 Å². The van der Waals surface area contributed by atoms with Crippen molar-refractivity contribution < 1.29 is 19.4 Å². The number of thioether (sulfide) groups is 1. The standard InChI is InChI=1S/C18H18O4S/c1-22-16-9-7-13(8-10-16)11-15(17(19)20)12-23-18(21)14-5-3-2-4-6-14/h2-10,15H,11-12H2,1H3,(H,19,20). The van der Waals surface area contributed by atoms with Gasteiger partial charge in [0.15, 0.2) is 0 Å². The fraction of sp³-hybridized carbons (Fsp3) is 0.222. The van der Waals surface area contributed by atoms with Gasteiger partial charge >= 0.3 is 5.97 Å². The van der Waals surface area contributed by atoms with Crippen molar-refractivity contribution in [3.8, 4) is 5.75 Å². The van der Waals surface area contributed by atoms with Crippen LogP contribution in [0, 0.1) is 5.92 Å². The zero-order chi connectivity index (χ0) is 16.7. The van der Waals surface area contributed by atoms with Gasteiger partial charge < -0.3 is 9.84 Å². The fourth-order valence-corrected chi connectivity index (χ4v) is 3.01. The summed E-state index contributed by atoms with van der Waals surface area (Å²) < 4.78 is 5.08. The van der Waals surface area contributed by atoms with Crippen LogP contribution in [0.3, 0.4) is 0 Å². The molecule has 120 valence electrons. The highest BCUT2D eigenvalue weighted by atomic mass is 32.2. The van der Waals surface area contributed by atoms with E-state index in [9.17, 15) is 14.7 Å². The zero-order valence-electron chi connectivity index (χ0n) is 12.8. The number of carbonyl (C=O) groups excluding carboxylic acids is 1. The first-order valence-electron chi connectivity index (χ1n) is 7.18. The molecule has 1 N–H and O–H groups in total. The van der Waals surface area contributed by atoms with Crippen LogP contribution in [0.4, 0.5) is 0 Å². The number of hydrogen-bond donors (Lipinski definition) is 1. The minimum absolute atomic E-state index is 0.105. The summed E-state index contributed by atoms with van der Waals surface area (Å²) in [5.74, 6) is -0.528. The van der Waals surface area contributed by atoms with E-state index in [1.165, 1.54) is 0 Å². The van der Waals surface area contributed by atoms with E-state index in [0.29, 0.717) is 12.0 Å². The van der Waals surface area contributed by atoms with Crippen molar-refractivity contribution in [2.24, 2.45) is 5.92 Å². The fourth-order valence-electron chi connectivity index (χ4n) is 2.10. The Morgan fingerprint density at radius 1 is 1.09 bits per heavy atom. The monoisotopic (exact) mass is 330 g/mol. The van der Waals surface area contributed by atoms with E-state index < -0.39 is 11.9 Å². The first-order valence-corrected chi connectivity index (χ1v) is 8.16. The lowest BCUT2D eigenvalue weighted by Gasteiger charge is -2.12. The lowest BCUT2D eigenvalue weighted by Crippen LogP contribution is -2.20. The number of hydrogen-bond acceptors (Lipinski definition) is 4. The van der Waals surface area contributed by atoms with Gasteiger partial charge in [0.25, 0.3) is 0 Å². The van der Waals surface area contributed by atoms with Crippen LogP contribution in [-0.2, 0) is 11.2 Å². The largest absolute Gasteiger partial charge is 0.497 e. The van der Waals surface area contributed by atoms with E-state index in [-0.39, 0.29) is 10.9 Å². The molecular weight excluding hydrogens is 312 g/mol. The van der Waals surface area contributed by atoms with Gasteiger partial charge in [-0.15, -0.1) is 0 Å². The molecule has 5 heteroatoms. The Morgan fingerprint density at radius 3 is 2.30 bits per heavy atom. The molecule has 0 aliphatic rings. The predicted octanol–water partition coefficient (Wildman–Crippen LogP) is 3.51. The van der Waals surface area contributed by atoms with Crippen molar-refractivity contribution in [1.29, 1.82) is 0 Å². The molecule has 0 amide bonds. The maximum atomic E-state index is 12.1. The van der Waals surface area contributed by atoms with E-state index in [1.54, 1.807) is 43.5 Å². The van der Waals surface area contributed by atoms with Crippen molar-refractivity contribution in [2.45, 2.75) is 6.42 Å². The SMILES string of the molecule is COc1ccc(CC(CSC(=O)c2ccccc2)C(=O)O)cc1. The number of methoxy groups -OCH3 is 1. The van der Waals surface area contributed by atoms with E-state index in [0.717, 1.165) is 23.1 Å². The molecule has 0 heterocycles. The maximum Gasteiger partial charge on any atom is 0.307 e. The summed E-state index contributed by atoms with van der Waals surface area (Å²) in [5, 5.41) is 9.26. The quantitative estimate of drug-likeness (QED) is 0.841. The summed E-state index contributed by atoms with van der Waals surface area (Å²) in [6, 6.07) is 16.2. The normalized spacial score (nSPS) is 11.7. The second-order valence-electron chi connectivity index (χ2n) is 5.05. The average Bonchev–Trinajstić information content (AvgIpc) is 2.59. The van der Waals surface area contributed by atoms with Gasteiger partial charge in [0.1, 0.15) is 5.75 Å². The molecule has 0 spiro atoms. The minimum Gasteiger partial charge on any atom is -0.497 e. The van der Waals surface area contributed by atoms with Gasteiger partial charge in [-0.05, 0) is 24.1 Å². The molecule has 0 aliphatic heterocycles. The topological polar surface area (TPSA) is 63.6 Å². The highest BCUT2D eigenvalue weighted by Gasteiger charge is 2.20. The molecule has 2 aromatic rings. The van der Waals surface area contributed by atoms with Crippen LogP contribution >= 0.6 is 11.8 Å². The molecule has 0 aliphatic carbocycles. The van der Waals surface area contributed by atoms with Crippen molar-refractivity contribution in [1.82, 2.24) is 0 Å². The number of aliphatic carboxylic acids is 1. The molecule has 2 aromatic carbocycles. The number of ether oxygens (including phenoxy) is 1. The Morgan fingerprint density at radius 2 is 1.74 bits per heavy atom. The third-order valence-corrected chi connectivity index (χ3v) is 4.48. The summed E-state index contributed by atoms with van der Waals surface area (Å²) in [5.41, 5.74) is 1.50. The zero-order valence-corrected chi connectivity index (χ0v) is 13.6. The number of rotatable bonds is 7. The molecule has 0 aromatic heterocycles. The van der Waals surface area contributed by atoms with E-state index >= 15 is 0 Å². The Bertz CT molecular complexity index is 652. The van der Waals surface area contributed by atoms with E-state index in [4.69, 9.17) is 4.74 Å². The molecule has 0 radical (unpaired) electrons. The van der Waals surface area contributed by atoms with Gasteiger partial charge in [0.05, 0.1) is 13.0 Å².